The molecule has 5 nitrogen and oxygen atoms in total. The van der Waals surface area contributed by atoms with E-state index in [9.17, 15) is 9.59 Å². The zero-order valence-corrected chi connectivity index (χ0v) is 13.4. The van der Waals surface area contributed by atoms with Crippen molar-refractivity contribution in [3.63, 3.8) is 0 Å². The van der Waals surface area contributed by atoms with Gasteiger partial charge in [-0.1, -0.05) is 13.8 Å². The van der Waals surface area contributed by atoms with Crippen LogP contribution in [0.25, 0.3) is 0 Å². The van der Waals surface area contributed by atoms with Gasteiger partial charge in [0.25, 0.3) is 0 Å². The number of nitrogens with zero attached hydrogens (tertiary/aromatic N) is 1. The molecular formula is C14H28ClN3O2. The first-order valence-electron chi connectivity index (χ1n) is 7.25. The van der Waals surface area contributed by atoms with Gasteiger partial charge < -0.3 is 16.0 Å². The number of amides is 2. The number of halogens is 1. The number of nitrogens with one attached hydrogen (secondary N) is 1. The van der Waals surface area contributed by atoms with Crippen LogP contribution < -0.4 is 11.1 Å². The van der Waals surface area contributed by atoms with E-state index in [0.29, 0.717) is 24.8 Å². The third kappa shape index (κ3) is 7.70. The first kappa shape index (κ1) is 19.2. The van der Waals surface area contributed by atoms with Crippen LogP contribution in [-0.4, -0.2) is 42.9 Å². The summed E-state index contributed by atoms with van der Waals surface area (Å²) >= 11 is 0. The number of hydrogen-bond acceptors (Lipinski definition) is 3. The Kier molecular flexibility index (Phi) is 9.59. The van der Waals surface area contributed by atoms with Gasteiger partial charge in [-0.25, -0.2) is 0 Å². The van der Waals surface area contributed by atoms with Gasteiger partial charge in [-0.3, -0.25) is 9.59 Å². The maximum Gasteiger partial charge on any atom is 0.237 e. The molecule has 1 rings (SSSR count). The van der Waals surface area contributed by atoms with Crippen molar-refractivity contribution in [1.82, 2.24) is 10.2 Å². The van der Waals surface area contributed by atoms with E-state index in [4.69, 9.17) is 5.73 Å². The minimum atomic E-state index is -0.434. The molecule has 0 unspecified atom stereocenters. The first-order valence-corrected chi connectivity index (χ1v) is 7.25. The fourth-order valence-corrected chi connectivity index (χ4v) is 2.54. The molecule has 20 heavy (non-hydrogen) atoms. The average molecular weight is 306 g/mol. The van der Waals surface area contributed by atoms with Crippen LogP contribution in [-0.2, 0) is 9.59 Å². The molecule has 1 heterocycles. The van der Waals surface area contributed by atoms with Gasteiger partial charge in [0.1, 0.15) is 0 Å². The smallest absolute Gasteiger partial charge is 0.237 e. The van der Waals surface area contributed by atoms with Crippen molar-refractivity contribution in [2.45, 2.75) is 39.5 Å². The summed E-state index contributed by atoms with van der Waals surface area (Å²) in [5.74, 6) is 0.615. The Morgan fingerprint density at radius 3 is 2.40 bits per heavy atom. The van der Waals surface area contributed by atoms with Gasteiger partial charge in [-0.2, -0.15) is 0 Å². The molecule has 1 aliphatic rings. The summed E-state index contributed by atoms with van der Waals surface area (Å²) in [6.45, 7) is 6.82. The van der Waals surface area contributed by atoms with Crippen molar-refractivity contribution >= 4 is 24.2 Å². The molecule has 1 saturated heterocycles. The summed E-state index contributed by atoms with van der Waals surface area (Å²) in [6, 6.07) is 0. The first-order chi connectivity index (χ1) is 8.99. The molecule has 0 saturated carbocycles. The van der Waals surface area contributed by atoms with Crippen LogP contribution in [0.15, 0.2) is 0 Å². The highest BCUT2D eigenvalue weighted by molar-refractivity contribution is 5.85. The molecule has 0 radical (unpaired) electrons. The summed E-state index contributed by atoms with van der Waals surface area (Å²) in [5, 5.41) is 3.32. The fraction of sp³-hybridized carbons (Fsp3) is 0.857. The molecule has 6 heteroatoms. The second kappa shape index (κ2) is 10.00. The SMILES string of the molecule is CC(C)CN(CC(N)=O)C(=O)CCC1CCNCC1.Cl. The molecule has 0 spiro atoms. The van der Waals surface area contributed by atoms with E-state index in [2.05, 4.69) is 5.32 Å². The van der Waals surface area contributed by atoms with Crippen LogP contribution in [0.1, 0.15) is 39.5 Å². The molecule has 0 bridgehead atoms. The molecule has 1 aliphatic heterocycles. The van der Waals surface area contributed by atoms with Crippen LogP contribution >= 0.6 is 12.4 Å². The molecular weight excluding hydrogens is 278 g/mol. The van der Waals surface area contributed by atoms with Crippen molar-refractivity contribution < 1.29 is 9.59 Å². The molecule has 0 aliphatic carbocycles. The molecule has 3 N–H and O–H groups in total. The Balaban J connectivity index is 0.00000361. The van der Waals surface area contributed by atoms with Gasteiger partial charge in [-0.05, 0) is 44.2 Å². The topological polar surface area (TPSA) is 75.4 Å². The van der Waals surface area contributed by atoms with Crippen molar-refractivity contribution in [3.8, 4) is 0 Å². The van der Waals surface area contributed by atoms with E-state index in [1.807, 2.05) is 13.8 Å². The Bertz CT molecular complexity index is 305. The van der Waals surface area contributed by atoms with Crippen LogP contribution in [0.4, 0.5) is 0 Å². The third-order valence-corrected chi connectivity index (χ3v) is 3.51. The number of carbonyl (C=O) groups is 2. The monoisotopic (exact) mass is 305 g/mol. The second-order valence-corrected chi connectivity index (χ2v) is 5.87. The maximum absolute atomic E-state index is 12.2. The lowest BCUT2D eigenvalue weighted by Crippen LogP contribution is -2.40. The van der Waals surface area contributed by atoms with E-state index in [1.54, 1.807) is 4.90 Å². The highest BCUT2D eigenvalue weighted by atomic mass is 35.5. The van der Waals surface area contributed by atoms with Crippen molar-refractivity contribution in [3.05, 3.63) is 0 Å². The van der Waals surface area contributed by atoms with E-state index >= 15 is 0 Å². The highest BCUT2D eigenvalue weighted by Gasteiger charge is 2.19. The summed E-state index contributed by atoms with van der Waals surface area (Å²) < 4.78 is 0. The minimum absolute atomic E-state index is 0. The quantitative estimate of drug-likeness (QED) is 0.741. The molecule has 0 aromatic carbocycles. The summed E-state index contributed by atoms with van der Waals surface area (Å²) in [4.78, 5) is 24.8. The van der Waals surface area contributed by atoms with Crippen molar-refractivity contribution in [2.75, 3.05) is 26.2 Å². The molecule has 118 valence electrons. The van der Waals surface area contributed by atoms with Gasteiger partial charge >= 0.3 is 0 Å². The summed E-state index contributed by atoms with van der Waals surface area (Å²) in [5.41, 5.74) is 5.20. The van der Waals surface area contributed by atoms with Crippen LogP contribution in [0.2, 0.25) is 0 Å². The van der Waals surface area contributed by atoms with Crippen molar-refractivity contribution in [2.24, 2.45) is 17.6 Å². The molecule has 0 atom stereocenters. The lowest BCUT2D eigenvalue weighted by atomic mass is 9.93. The van der Waals surface area contributed by atoms with Gasteiger partial charge in [0.05, 0.1) is 6.54 Å². The number of rotatable bonds is 7. The third-order valence-electron chi connectivity index (χ3n) is 3.51. The Labute approximate surface area is 128 Å². The zero-order valence-electron chi connectivity index (χ0n) is 12.6. The Hall–Kier alpha value is -0.810. The number of nitrogens with two attached hydrogens (primary N) is 1. The average Bonchev–Trinajstić information content (AvgIpc) is 2.35. The van der Waals surface area contributed by atoms with Crippen LogP contribution in [0, 0.1) is 11.8 Å². The van der Waals surface area contributed by atoms with E-state index in [-0.39, 0.29) is 24.9 Å². The van der Waals surface area contributed by atoms with Gasteiger partial charge in [-0.15, -0.1) is 12.4 Å². The number of carbonyl (C=O) groups excluding carboxylic acids is 2. The summed E-state index contributed by atoms with van der Waals surface area (Å²) in [6.07, 6.45) is 3.75. The van der Waals surface area contributed by atoms with E-state index < -0.39 is 5.91 Å². The minimum Gasteiger partial charge on any atom is -0.368 e. The molecule has 0 aromatic heterocycles. The zero-order chi connectivity index (χ0) is 14.3. The second-order valence-electron chi connectivity index (χ2n) is 5.87. The number of hydrogen-bond donors (Lipinski definition) is 2. The van der Waals surface area contributed by atoms with E-state index in [1.165, 1.54) is 0 Å². The van der Waals surface area contributed by atoms with Crippen LogP contribution in [0.3, 0.4) is 0 Å². The van der Waals surface area contributed by atoms with Gasteiger partial charge in [0.2, 0.25) is 11.8 Å². The Morgan fingerprint density at radius 1 is 1.30 bits per heavy atom. The lowest BCUT2D eigenvalue weighted by molar-refractivity contribution is -0.136. The molecule has 1 fully saturated rings. The summed E-state index contributed by atoms with van der Waals surface area (Å²) in [7, 11) is 0. The lowest BCUT2D eigenvalue weighted by Gasteiger charge is -2.26. The maximum atomic E-state index is 12.2. The fourth-order valence-electron chi connectivity index (χ4n) is 2.54. The van der Waals surface area contributed by atoms with Crippen molar-refractivity contribution in [1.29, 1.82) is 0 Å². The van der Waals surface area contributed by atoms with E-state index in [0.717, 1.165) is 32.4 Å². The normalized spacial score (nSPS) is 15.8. The molecule has 0 aromatic rings. The largest absolute Gasteiger partial charge is 0.368 e. The predicted octanol–water partition coefficient (Wildman–Crippen LogP) is 1.16. The standard InChI is InChI=1S/C14H27N3O2.ClH/c1-11(2)9-17(10-13(15)18)14(19)4-3-12-5-7-16-8-6-12;/h11-12,16H,3-10H2,1-2H3,(H2,15,18);1H. The predicted molar refractivity (Wildman–Crippen MR) is 82.7 cm³/mol. The Morgan fingerprint density at radius 2 is 1.90 bits per heavy atom. The van der Waals surface area contributed by atoms with Crippen LogP contribution in [0.5, 0.6) is 0 Å². The molecule has 2 amide bonds. The highest BCUT2D eigenvalue weighted by Crippen LogP contribution is 2.18. The number of piperidine rings is 1. The van der Waals surface area contributed by atoms with Gasteiger partial charge in [0, 0.05) is 13.0 Å². The van der Waals surface area contributed by atoms with Gasteiger partial charge in [0.15, 0.2) is 0 Å². The number of primary amides is 1.